The van der Waals surface area contributed by atoms with Crippen LogP contribution in [0.25, 0.3) is 0 Å². The van der Waals surface area contributed by atoms with E-state index in [0.717, 1.165) is 128 Å². The second-order valence-corrected chi connectivity index (χ2v) is 19.0. The molecule has 0 aromatic rings. The van der Waals surface area contributed by atoms with Crippen LogP contribution in [0.3, 0.4) is 0 Å². The first-order chi connectivity index (χ1) is 35.6. The third kappa shape index (κ3) is 58.4. The van der Waals surface area contributed by atoms with Crippen molar-refractivity contribution in [2.24, 2.45) is 0 Å². The summed E-state index contributed by atoms with van der Waals surface area (Å²) in [5, 5.41) is 9.65. The highest BCUT2D eigenvalue weighted by Crippen LogP contribution is 2.14. The number of hydrogen-bond acceptors (Lipinski definition) is 5. The number of esters is 2. The maximum absolute atomic E-state index is 12.3. The van der Waals surface area contributed by atoms with Crippen molar-refractivity contribution in [1.29, 1.82) is 0 Å². The van der Waals surface area contributed by atoms with Gasteiger partial charge in [0.25, 0.3) is 0 Å². The zero-order chi connectivity index (χ0) is 52.0. The van der Waals surface area contributed by atoms with Crippen LogP contribution >= 0.6 is 0 Å². The molecule has 0 rings (SSSR count). The van der Waals surface area contributed by atoms with Crippen molar-refractivity contribution in [2.45, 2.75) is 251 Å². The molecule has 1 N–H and O–H groups in total. The highest BCUT2D eigenvalue weighted by atomic mass is 16.6. The molecular formula is C67H108O5. The molecule has 5 nitrogen and oxygen atoms in total. The van der Waals surface area contributed by atoms with Crippen LogP contribution < -0.4 is 0 Å². The van der Waals surface area contributed by atoms with Gasteiger partial charge < -0.3 is 14.6 Å². The van der Waals surface area contributed by atoms with Crippen LogP contribution in [-0.4, -0.2) is 36.4 Å². The number of ether oxygens (including phenoxy) is 2. The van der Waals surface area contributed by atoms with Gasteiger partial charge in [0.1, 0.15) is 6.61 Å². The fraction of sp³-hybridized carbons (Fsp3) is 0.612. The molecule has 0 amide bonds. The smallest absolute Gasteiger partial charge is 0.306 e. The zero-order valence-electron chi connectivity index (χ0n) is 46.4. The lowest BCUT2D eigenvalue weighted by Crippen LogP contribution is -2.28. The van der Waals surface area contributed by atoms with Gasteiger partial charge >= 0.3 is 11.9 Å². The fourth-order valence-corrected chi connectivity index (χ4v) is 7.73. The average molecular weight is 994 g/mol. The second-order valence-electron chi connectivity index (χ2n) is 19.0. The number of unbranched alkanes of at least 4 members (excludes halogenated alkanes) is 20. The Kier molecular flexibility index (Phi) is 57.5. The van der Waals surface area contributed by atoms with Crippen molar-refractivity contribution < 1.29 is 24.2 Å². The van der Waals surface area contributed by atoms with Crippen LogP contribution in [0.1, 0.15) is 245 Å². The molecule has 0 heterocycles. The van der Waals surface area contributed by atoms with Crippen molar-refractivity contribution in [3.8, 4) is 0 Å². The number of rotatable bonds is 52. The van der Waals surface area contributed by atoms with E-state index in [9.17, 15) is 14.7 Å². The van der Waals surface area contributed by atoms with Crippen LogP contribution in [0, 0.1) is 0 Å². The summed E-state index contributed by atoms with van der Waals surface area (Å²) >= 11 is 0. The molecule has 0 aromatic heterocycles. The first-order valence-electron chi connectivity index (χ1n) is 29.4. The highest BCUT2D eigenvalue weighted by molar-refractivity contribution is 5.70. The summed E-state index contributed by atoms with van der Waals surface area (Å²) in [4.78, 5) is 24.5. The van der Waals surface area contributed by atoms with E-state index < -0.39 is 6.10 Å². The molecule has 0 aliphatic carbocycles. The SMILES string of the molecule is CC/C=C\C/C=C\C/C=C\C/C=C\C/C=C\C/C=C\C/C=C\C/C=C\C/C=C\C/C=C\C/C=C\CCCCCCCC(=O)OC(CO)COC(=O)CCCCCCCCCCC/C=C\CCCCCCCC. The summed E-state index contributed by atoms with van der Waals surface area (Å²) in [6.45, 7) is 4.01. The number of allylic oxidation sites excluding steroid dienone is 24. The minimum atomic E-state index is -0.794. The lowest BCUT2D eigenvalue weighted by atomic mass is 10.1. The summed E-state index contributed by atoms with van der Waals surface area (Å²) in [6.07, 6.45) is 92.4. The third-order valence-corrected chi connectivity index (χ3v) is 12.1. The third-order valence-electron chi connectivity index (χ3n) is 12.1. The van der Waals surface area contributed by atoms with Gasteiger partial charge in [-0.15, -0.1) is 0 Å². The van der Waals surface area contributed by atoms with Gasteiger partial charge in [0.2, 0.25) is 0 Å². The Morgan fingerprint density at radius 3 is 0.917 bits per heavy atom. The minimum Gasteiger partial charge on any atom is -0.462 e. The van der Waals surface area contributed by atoms with Crippen LogP contribution in [0.5, 0.6) is 0 Å². The molecule has 0 radical (unpaired) electrons. The minimum absolute atomic E-state index is 0.0824. The predicted octanol–water partition coefficient (Wildman–Crippen LogP) is 20.2. The van der Waals surface area contributed by atoms with E-state index in [1.54, 1.807) is 0 Å². The monoisotopic (exact) mass is 993 g/mol. The van der Waals surface area contributed by atoms with Crippen molar-refractivity contribution in [3.05, 3.63) is 146 Å². The van der Waals surface area contributed by atoms with Crippen LogP contribution in [0.4, 0.5) is 0 Å². The molecule has 0 aliphatic rings. The van der Waals surface area contributed by atoms with Crippen molar-refractivity contribution in [1.82, 2.24) is 0 Å². The molecule has 0 aliphatic heterocycles. The first kappa shape index (κ1) is 67.8. The van der Waals surface area contributed by atoms with Crippen molar-refractivity contribution >= 4 is 11.9 Å². The van der Waals surface area contributed by atoms with Gasteiger partial charge in [-0.2, -0.15) is 0 Å². The van der Waals surface area contributed by atoms with Gasteiger partial charge in [0.15, 0.2) is 6.10 Å². The summed E-state index contributed by atoms with van der Waals surface area (Å²) in [6, 6.07) is 0. The van der Waals surface area contributed by atoms with E-state index >= 15 is 0 Å². The predicted molar refractivity (Wildman–Crippen MR) is 315 cm³/mol. The van der Waals surface area contributed by atoms with Crippen molar-refractivity contribution in [2.75, 3.05) is 13.2 Å². The zero-order valence-corrected chi connectivity index (χ0v) is 46.4. The van der Waals surface area contributed by atoms with Gasteiger partial charge in [0.05, 0.1) is 6.61 Å². The Bertz CT molecular complexity index is 1540. The largest absolute Gasteiger partial charge is 0.462 e. The van der Waals surface area contributed by atoms with Gasteiger partial charge in [-0.05, 0) is 122 Å². The molecule has 0 fully saturated rings. The standard InChI is InChI=1S/C67H108O5/c1-3-5-7-9-11-13-15-17-19-21-23-24-25-26-27-28-29-30-31-32-33-34-35-36-37-38-39-40-41-42-44-46-48-50-52-54-56-58-60-62-67(70)72-65(63-68)64-71-66(69)61-59-57-55-53-51-49-47-45-43-22-20-18-16-14-12-10-8-6-4-2/h5,7,11,13,17-20,23-24,26-27,29-30,32-33,35-36,38-39,41-42,46,48,65,68H,3-4,6,8-10,12,14-16,21-22,25,28,31,34,37,40,43-45,47,49-64H2,1-2H3/b7-5-,13-11-,19-17-,20-18-,24-23-,27-26-,30-29-,33-32-,36-35-,39-38-,42-41-,48-46-. The Hall–Kier alpha value is -4.22. The summed E-state index contributed by atoms with van der Waals surface area (Å²) in [5.74, 6) is -0.621. The topological polar surface area (TPSA) is 72.8 Å². The molecule has 5 heteroatoms. The maximum Gasteiger partial charge on any atom is 0.306 e. The molecule has 1 unspecified atom stereocenters. The summed E-state index contributed by atoms with van der Waals surface area (Å²) in [7, 11) is 0. The molecule has 72 heavy (non-hydrogen) atoms. The summed E-state index contributed by atoms with van der Waals surface area (Å²) in [5.41, 5.74) is 0. The Labute approximate surface area is 444 Å². The Balaban J connectivity index is 3.65. The molecule has 0 saturated carbocycles. The molecule has 0 bridgehead atoms. The molecule has 406 valence electrons. The normalized spacial score (nSPS) is 13.3. The van der Waals surface area contributed by atoms with E-state index in [1.807, 2.05) is 0 Å². The highest BCUT2D eigenvalue weighted by Gasteiger charge is 2.16. The number of carbonyl (C=O) groups excluding carboxylic acids is 2. The molecular weight excluding hydrogens is 885 g/mol. The molecule has 0 spiro atoms. The van der Waals surface area contributed by atoms with E-state index in [-0.39, 0.29) is 25.2 Å². The quantitative estimate of drug-likeness (QED) is 0.0373. The van der Waals surface area contributed by atoms with Gasteiger partial charge in [-0.3, -0.25) is 9.59 Å². The Morgan fingerprint density at radius 2 is 0.597 bits per heavy atom. The van der Waals surface area contributed by atoms with Crippen molar-refractivity contribution in [3.63, 3.8) is 0 Å². The van der Waals surface area contributed by atoms with E-state index in [0.29, 0.717) is 12.8 Å². The number of hydrogen-bond donors (Lipinski definition) is 1. The number of aliphatic hydroxyl groups is 1. The average Bonchev–Trinajstić information content (AvgIpc) is 3.38. The van der Waals surface area contributed by atoms with Gasteiger partial charge in [0, 0.05) is 12.8 Å². The second kappa shape index (κ2) is 61.1. The fourth-order valence-electron chi connectivity index (χ4n) is 7.73. The molecule has 1 atom stereocenters. The lowest BCUT2D eigenvalue weighted by Gasteiger charge is -2.15. The van der Waals surface area contributed by atoms with E-state index in [1.165, 1.54) is 89.9 Å². The molecule has 0 saturated heterocycles. The number of aliphatic hydroxyl groups excluding tert-OH is 1. The van der Waals surface area contributed by atoms with Gasteiger partial charge in [-0.1, -0.05) is 256 Å². The molecule has 0 aromatic carbocycles. The lowest BCUT2D eigenvalue weighted by molar-refractivity contribution is -0.161. The van der Waals surface area contributed by atoms with Crippen LogP contribution in [-0.2, 0) is 19.1 Å². The number of carbonyl (C=O) groups is 2. The van der Waals surface area contributed by atoms with Gasteiger partial charge in [-0.25, -0.2) is 0 Å². The first-order valence-corrected chi connectivity index (χ1v) is 29.4. The van der Waals surface area contributed by atoms with E-state index in [4.69, 9.17) is 9.47 Å². The Morgan fingerprint density at radius 1 is 0.333 bits per heavy atom. The summed E-state index contributed by atoms with van der Waals surface area (Å²) < 4.78 is 10.7. The van der Waals surface area contributed by atoms with Crippen LogP contribution in [0.2, 0.25) is 0 Å². The van der Waals surface area contributed by atoms with Crippen LogP contribution in [0.15, 0.2) is 146 Å². The van der Waals surface area contributed by atoms with E-state index in [2.05, 4.69) is 160 Å². The maximum atomic E-state index is 12.3.